The van der Waals surface area contributed by atoms with Crippen molar-refractivity contribution in [3.05, 3.63) is 35.1 Å². The van der Waals surface area contributed by atoms with Crippen LogP contribution in [0.25, 0.3) is 0 Å². The number of allylic oxidation sites excluding steroid dienone is 5. The van der Waals surface area contributed by atoms with E-state index in [4.69, 9.17) is 5.73 Å². The maximum atomic E-state index is 14.0. The van der Waals surface area contributed by atoms with Crippen LogP contribution in [-0.2, 0) is 0 Å². The second kappa shape index (κ2) is 3.51. The summed E-state index contributed by atoms with van der Waals surface area (Å²) < 4.78 is 14.0. The molecule has 0 unspecified atom stereocenters. The molecule has 0 heterocycles. The molecule has 0 amide bonds. The van der Waals surface area contributed by atoms with E-state index < -0.39 is 5.67 Å². The molecule has 2 rings (SSSR count). The molecular formula is C13H18FN. The third-order valence-electron chi connectivity index (χ3n) is 2.99. The highest BCUT2D eigenvalue weighted by Crippen LogP contribution is 2.44. The molecule has 0 aromatic carbocycles. The minimum atomic E-state index is -1.27. The Hall–Kier alpha value is -1.05. The van der Waals surface area contributed by atoms with E-state index >= 15 is 0 Å². The zero-order valence-electron chi connectivity index (χ0n) is 9.39. The number of hydrogen-bond donors (Lipinski definition) is 1. The van der Waals surface area contributed by atoms with Gasteiger partial charge < -0.3 is 5.73 Å². The molecule has 2 N–H and O–H groups in total. The van der Waals surface area contributed by atoms with Crippen molar-refractivity contribution in [1.82, 2.24) is 0 Å². The summed E-state index contributed by atoms with van der Waals surface area (Å²) in [6.07, 6.45) is 8.93. The summed E-state index contributed by atoms with van der Waals surface area (Å²) in [5.41, 5.74) is 7.31. The maximum absolute atomic E-state index is 14.0. The van der Waals surface area contributed by atoms with E-state index in [1.807, 2.05) is 12.2 Å². The Morgan fingerprint density at radius 1 is 1.33 bits per heavy atom. The van der Waals surface area contributed by atoms with Crippen LogP contribution in [0.3, 0.4) is 0 Å². The van der Waals surface area contributed by atoms with Crippen LogP contribution in [0.5, 0.6) is 0 Å². The highest BCUT2D eigenvalue weighted by molar-refractivity contribution is 5.45. The fraction of sp³-hybridized carbons (Fsp3) is 0.538. The Morgan fingerprint density at radius 3 is 2.53 bits per heavy atom. The van der Waals surface area contributed by atoms with E-state index in [9.17, 15) is 4.39 Å². The molecule has 82 valence electrons. The van der Waals surface area contributed by atoms with E-state index in [1.165, 1.54) is 18.4 Å². The summed E-state index contributed by atoms with van der Waals surface area (Å²) >= 11 is 0. The molecule has 1 saturated carbocycles. The summed E-state index contributed by atoms with van der Waals surface area (Å²) in [6.45, 7) is 3.23. The molecule has 2 aliphatic carbocycles. The van der Waals surface area contributed by atoms with Crippen LogP contribution < -0.4 is 5.73 Å². The summed E-state index contributed by atoms with van der Waals surface area (Å²) in [5.74, 6) is 0.575. The van der Waals surface area contributed by atoms with Crippen LogP contribution in [-0.4, -0.2) is 5.67 Å². The molecule has 2 aliphatic rings. The van der Waals surface area contributed by atoms with Crippen molar-refractivity contribution >= 4 is 0 Å². The Labute approximate surface area is 90.5 Å². The van der Waals surface area contributed by atoms with Gasteiger partial charge in [0.05, 0.1) is 0 Å². The quantitative estimate of drug-likeness (QED) is 0.739. The highest BCUT2D eigenvalue weighted by atomic mass is 19.1. The van der Waals surface area contributed by atoms with Gasteiger partial charge in [-0.15, -0.1) is 0 Å². The molecule has 0 atom stereocenters. The summed E-state index contributed by atoms with van der Waals surface area (Å²) in [5, 5.41) is 0. The van der Waals surface area contributed by atoms with Gasteiger partial charge in [-0.3, -0.25) is 0 Å². The van der Waals surface area contributed by atoms with Crippen molar-refractivity contribution in [1.29, 1.82) is 0 Å². The van der Waals surface area contributed by atoms with Crippen LogP contribution in [0.2, 0.25) is 0 Å². The lowest BCUT2D eigenvalue weighted by atomic mass is 9.89. The lowest BCUT2D eigenvalue weighted by molar-refractivity contribution is 0.270. The molecule has 0 aromatic rings. The highest BCUT2D eigenvalue weighted by Gasteiger charge is 2.34. The van der Waals surface area contributed by atoms with Crippen LogP contribution in [0, 0.1) is 5.92 Å². The molecule has 0 radical (unpaired) electrons. The second-order valence-electron chi connectivity index (χ2n) is 4.93. The average Bonchev–Trinajstić information content (AvgIpc) is 2.87. The van der Waals surface area contributed by atoms with Gasteiger partial charge in [-0.1, -0.05) is 12.2 Å². The summed E-state index contributed by atoms with van der Waals surface area (Å²) in [7, 11) is 0. The normalized spacial score (nSPS) is 22.7. The molecule has 0 spiro atoms. The van der Waals surface area contributed by atoms with Gasteiger partial charge >= 0.3 is 0 Å². The Balaban J connectivity index is 2.36. The molecule has 0 aromatic heterocycles. The van der Waals surface area contributed by atoms with Gasteiger partial charge in [0.15, 0.2) is 0 Å². The summed E-state index contributed by atoms with van der Waals surface area (Å²) in [4.78, 5) is 0. The van der Waals surface area contributed by atoms with Crippen molar-refractivity contribution in [2.24, 2.45) is 11.7 Å². The fourth-order valence-corrected chi connectivity index (χ4v) is 2.01. The van der Waals surface area contributed by atoms with Gasteiger partial charge in [-0.2, -0.15) is 0 Å². The van der Waals surface area contributed by atoms with Crippen LogP contribution >= 0.6 is 0 Å². The zero-order chi connectivity index (χ0) is 11.1. The van der Waals surface area contributed by atoms with Gasteiger partial charge in [0.2, 0.25) is 0 Å². The fourth-order valence-electron chi connectivity index (χ4n) is 2.01. The minimum Gasteiger partial charge on any atom is -0.402 e. The van der Waals surface area contributed by atoms with E-state index in [2.05, 4.69) is 6.08 Å². The van der Waals surface area contributed by atoms with E-state index in [0.717, 1.165) is 17.7 Å². The van der Waals surface area contributed by atoms with Crippen molar-refractivity contribution in [2.75, 3.05) is 0 Å². The largest absolute Gasteiger partial charge is 0.402 e. The molecule has 0 bridgehead atoms. The molecule has 0 saturated heterocycles. The van der Waals surface area contributed by atoms with Gasteiger partial charge in [0.25, 0.3) is 0 Å². The topological polar surface area (TPSA) is 26.0 Å². The predicted molar refractivity (Wildman–Crippen MR) is 61.0 cm³/mol. The second-order valence-corrected chi connectivity index (χ2v) is 4.93. The number of nitrogens with two attached hydrogens (primary N) is 1. The van der Waals surface area contributed by atoms with Crippen LogP contribution in [0.4, 0.5) is 4.39 Å². The third-order valence-corrected chi connectivity index (χ3v) is 2.99. The van der Waals surface area contributed by atoms with Gasteiger partial charge in [0, 0.05) is 12.1 Å². The Morgan fingerprint density at radius 2 is 2.00 bits per heavy atom. The molecule has 15 heavy (non-hydrogen) atoms. The van der Waals surface area contributed by atoms with Gasteiger partial charge in [-0.25, -0.2) is 4.39 Å². The predicted octanol–water partition coefficient (Wildman–Crippen LogP) is 3.24. The van der Waals surface area contributed by atoms with Crippen molar-refractivity contribution in [3.8, 4) is 0 Å². The van der Waals surface area contributed by atoms with E-state index in [0.29, 0.717) is 5.92 Å². The van der Waals surface area contributed by atoms with Crippen molar-refractivity contribution in [3.63, 3.8) is 0 Å². The van der Waals surface area contributed by atoms with Crippen molar-refractivity contribution < 1.29 is 4.39 Å². The average molecular weight is 207 g/mol. The van der Waals surface area contributed by atoms with Crippen LogP contribution in [0.1, 0.15) is 33.1 Å². The molecule has 1 nitrogen and oxygen atoms in total. The standard InChI is InChI=1S/C13H18FN/c1-13(2,14)12-8-6-10(15)5-7-11(12)9-3-4-9/h6-9H,3-5,15H2,1-2H3. The lowest BCUT2D eigenvalue weighted by Gasteiger charge is -2.21. The SMILES string of the molecule is CC(C)(F)C1=CC=C(N)CC=C1C1CC1. The van der Waals surface area contributed by atoms with Crippen molar-refractivity contribution in [2.45, 2.75) is 38.8 Å². The first-order valence-corrected chi connectivity index (χ1v) is 5.54. The Bertz CT molecular complexity index is 351. The third kappa shape index (κ3) is 2.31. The van der Waals surface area contributed by atoms with E-state index in [-0.39, 0.29) is 0 Å². The number of halogens is 1. The van der Waals surface area contributed by atoms with Gasteiger partial charge in [0.1, 0.15) is 5.67 Å². The smallest absolute Gasteiger partial charge is 0.130 e. The Kier molecular flexibility index (Phi) is 2.45. The summed E-state index contributed by atoms with van der Waals surface area (Å²) in [6, 6.07) is 0. The molecule has 0 aliphatic heterocycles. The maximum Gasteiger partial charge on any atom is 0.130 e. The molecule has 2 heteroatoms. The van der Waals surface area contributed by atoms with Crippen LogP contribution in [0.15, 0.2) is 35.1 Å². The first-order chi connectivity index (χ1) is 6.98. The number of alkyl halides is 1. The first-order valence-electron chi connectivity index (χ1n) is 5.54. The molecule has 1 fully saturated rings. The number of rotatable bonds is 2. The number of hydrogen-bond acceptors (Lipinski definition) is 1. The van der Waals surface area contributed by atoms with Gasteiger partial charge in [-0.05, 0) is 49.8 Å². The first kappa shape index (κ1) is 10.5. The van der Waals surface area contributed by atoms with E-state index in [1.54, 1.807) is 13.8 Å². The minimum absolute atomic E-state index is 0.575. The lowest BCUT2D eigenvalue weighted by Crippen LogP contribution is -2.18. The zero-order valence-corrected chi connectivity index (χ0v) is 9.39. The molecular weight excluding hydrogens is 189 g/mol. The monoisotopic (exact) mass is 207 g/mol.